The average Bonchev–Trinajstić information content (AvgIpc) is 3.70. The number of alkyl halides is 3. The molecule has 0 aliphatic carbocycles. The van der Waals surface area contributed by atoms with Gasteiger partial charge in [-0.15, -0.1) is 11.3 Å². The Bertz CT molecular complexity index is 2200. The molecule has 5 rings (SSSR count). The second-order valence-electron chi connectivity index (χ2n) is 10.8. The lowest BCUT2D eigenvalue weighted by Crippen LogP contribution is -2.28. The van der Waals surface area contributed by atoms with Crippen molar-refractivity contribution in [2.75, 3.05) is 39.3 Å². The van der Waals surface area contributed by atoms with Crippen molar-refractivity contribution >= 4 is 40.1 Å². The zero-order chi connectivity index (χ0) is 37.0. The number of fused-ring (bicyclic) bond motifs is 1. The number of halogens is 4. The van der Waals surface area contributed by atoms with E-state index < -0.39 is 59.2 Å². The molecule has 0 unspecified atom stereocenters. The van der Waals surface area contributed by atoms with Gasteiger partial charge >= 0.3 is 24.0 Å². The number of nitrogens with zero attached hydrogens (tertiary/aromatic N) is 3. The van der Waals surface area contributed by atoms with Gasteiger partial charge in [-0.3, -0.25) is 10.1 Å². The van der Waals surface area contributed by atoms with Crippen LogP contribution in [0.15, 0.2) is 54.4 Å². The van der Waals surface area contributed by atoms with Crippen molar-refractivity contribution in [1.82, 2.24) is 19.9 Å². The van der Waals surface area contributed by atoms with Crippen LogP contribution in [0.2, 0.25) is 0 Å². The smallest absolute Gasteiger partial charge is 0.454 e. The summed E-state index contributed by atoms with van der Waals surface area (Å²) >= 11 is 0.620. The van der Waals surface area contributed by atoms with Gasteiger partial charge in [-0.1, -0.05) is 0 Å². The number of carbonyl (C=O) groups excluding carboxylic acids is 2. The molecule has 2 amide bonds. The van der Waals surface area contributed by atoms with Crippen LogP contribution in [0.4, 0.5) is 28.2 Å². The molecule has 0 aliphatic heterocycles. The summed E-state index contributed by atoms with van der Waals surface area (Å²) in [5.41, 5.74) is -2.95. The number of pyridine rings is 2. The van der Waals surface area contributed by atoms with Crippen LogP contribution in [-0.2, 0) is 27.0 Å². The highest BCUT2D eigenvalue weighted by Crippen LogP contribution is 2.40. The molecule has 2 N–H and O–H groups in total. The maximum atomic E-state index is 16.2. The zero-order valence-corrected chi connectivity index (χ0v) is 28.1. The molecular formula is C32H29F4N5O9S. The quantitative estimate of drug-likeness (QED) is 0.122. The lowest BCUT2D eigenvalue weighted by atomic mass is 9.98. The third kappa shape index (κ3) is 8.00. The first kappa shape index (κ1) is 36.9. The summed E-state index contributed by atoms with van der Waals surface area (Å²) in [7, 11) is 2.81. The van der Waals surface area contributed by atoms with Crippen LogP contribution in [0.25, 0.3) is 32.6 Å². The van der Waals surface area contributed by atoms with E-state index in [-0.39, 0.29) is 69.7 Å². The van der Waals surface area contributed by atoms with Gasteiger partial charge in [-0.25, -0.2) is 28.7 Å². The Morgan fingerprint density at radius 2 is 1.78 bits per heavy atom. The van der Waals surface area contributed by atoms with E-state index in [0.717, 1.165) is 29.9 Å². The summed E-state index contributed by atoms with van der Waals surface area (Å²) < 4.78 is 83.8. The third-order valence-corrected chi connectivity index (χ3v) is 8.30. The minimum Gasteiger partial charge on any atom is -0.454 e. The fourth-order valence-electron chi connectivity index (χ4n) is 5.10. The fourth-order valence-corrected chi connectivity index (χ4v) is 5.95. The standard InChI is InChI=1S/C32H29F4N5O9S/c1-5-37-30(44)40-26-7-18(28-39-25(14-51-28)32(34,35)36)20(9-38-26)17-6-19-23(8-22(17)33)41(16(11-46-3)12-47-4)10-21(27(19)42)29(43)48-13-24-15(2)49-31(45)50-24/h6-10,14,16H,5,11-13H2,1-4H3,(H2,37,38,40,44). The molecule has 5 aromatic rings. The molecule has 0 saturated heterocycles. The largest absolute Gasteiger partial charge is 0.519 e. The van der Waals surface area contributed by atoms with E-state index in [1.807, 2.05) is 0 Å². The third-order valence-electron chi connectivity index (χ3n) is 7.42. The molecule has 19 heteroatoms. The van der Waals surface area contributed by atoms with Crippen LogP contribution < -0.4 is 21.9 Å². The minimum atomic E-state index is -4.78. The number of rotatable bonds is 12. The van der Waals surface area contributed by atoms with Gasteiger partial charge in [0.15, 0.2) is 23.8 Å². The zero-order valence-electron chi connectivity index (χ0n) is 27.3. The van der Waals surface area contributed by atoms with Crippen LogP contribution in [0.5, 0.6) is 0 Å². The number of aryl methyl sites for hydroxylation is 1. The number of hydrogen-bond donors (Lipinski definition) is 2. The van der Waals surface area contributed by atoms with Crippen LogP contribution in [0, 0.1) is 12.7 Å². The SMILES string of the molecule is CCNC(=O)Nc1cc(-c2nc(C(F)(F)F)cs2)c(-c2cc3c(=O)c(C(=O)OCc4oc(=O)oc4C)cn(C(COC)COC)c3cc2F)cn1. The molecule has 0 spiro atoms. The topological polar surface area (TPSA) is 177 Å². The summed E-state index contributed by atoms with van der Waals surface area (Å²) in [6, 6.07) is 2.04. The first-order valence-electron chi connectivity index (χ1n) is 15.0. The first-order chi connectivity index (χ1) is 24.2. The molecule has 0 aliphatic rings. The van der Waals surface area contributed by atoms with E-state index in [0.29, 0.717) is 11.3 Å². The number of methoxy groups -OCH3 is 2. The van der Waals surface area contributed by atoms with Gasteiger partial charge in [0.2, 0.25) is 5.43 Å². The molecule has 1 aromatic carbocycles. The van der Waals surface area contributed by atoms with Gasteiger partial charge < -0.3 is 32.9 Å². The lowest BCUT2D eigenvalue weighted by molar-refractivity contribution is -0.140. The minimum absolute atomic E-state index is 0.00274. The average molecular weight is 736 g/mol. The fraction of sp³-hybridized carbons (Fsp3) is 0.312. The number of esters is 1. The number of benzene rings is 1. The Hall–Kier alpha value is -5.40. The predicted molar refractivity (Wildman–Crippen MR) is 174 cm³/mol. The van der Waals surface area contributed by atoms with Crippen LogP contribution in [-0.4, -0.2) is 60.5 Å². The van der Waals surface area contributed by atoms with E-state index in [2.05, 4.69) is 20.6 Å². The molecular weight excluding hydrogens is 706 g/mol. The highest BCUT2D eigenvalue weighted by Gasteiger charge is 2.34. The van der Waals surface area contributed by atoms with Crippen molar-refractivity contribution in [2.45, 2.75) is 32.7 Å². The summed E-state index contributed by atoms with van der Waals surface area (Å²) in [5.74, 6) is -3.16. The number of thiazole rings is 1. The van der Waals surface area contributed by atoms with E-state index >= 15 is 4.39 Å². The van der Waals surface area contributed by atoms with Gasteiger partial charge in [0.05, 0.1) is 24.8 Å². The highest BCUT2D eigenvalue weighted by atomic mass is 32.1. The Morgan fingerprint density at radius 1 is 1.06 bits per heavy atom. The number of ether oxygens (including phenoxy) is 3. The number of amides is 2. The van der Waals surface area contributed by atoms with Crippen LogP contribution in [0.1, 0.15) is 40.5 Å². The van der Waals surface area contributed by atoms with E-state index in [9.17, 15) is 32.3 Å². The molecule has 51 heavy (non-hydrogen) atoms. The van der Waals surface area contributed by atoms with Crippen molar-refractivity contribution < 1.29 is 50.2 Å². The summed E-state index contributed by atoms with van der Waals surface area (Å²) in [5, 5.41) is 5.37. The monoisotopic (exact) mass is 735 g/mol. The van der Waals surface area contributed by atoms with E-state index in [1.165, 1.54) is 31.8 Å². The van der Waals surface area contributed by atoms with Crippen molar-refractivity contribution in [3.63, 3.8) is 0 Å². The highest BCUT2D eigenvalue weighted by molar-refractivity contribution is 7.13. The summed E-state index contributed by atoms with van der Waals surface area (Å²) in [6.45, 7) is 2.80. The van der Waals surface area contributed by atoms with Crippen molar-refractivity contribution in [1.29, 1.82) is 0 Å². The Balaban J connectivity index is 1.71. The van der Waals surface area contributed by atoms with Gasteiger partial charge in [0.25, 0.3) is 0 Å². The van der Waals surface area contributed by atoms with Crippen molar-refractivity contribution in [3.8, 4) is 21.7 Å². The number of carbonyl (C=O) groups is 2. The number of aromatic nitrogens is 3. The maximum absolute atomic E-state index is 16.2. The summed E-state index contributed by atoms with van der Waals surface area (Å²) in [6.07, 6.45) is -2.50. The molecule has 0 radical (unpaired) electrons. The normalized spacial score (nSPS) is 11.7. The summed E-state index contributed by atoms with van der Waals surface area (Å²) in [4.78, 5) is 58.8. The van der Waals surface area contributed by atoms with Crippen LogP contribution >= 0.6 is 11.3 Å². The molecule has 0 saturated carbocycles. The second-order valence-corrected chi connectivity index (χ2v) is 11.7. The Morgan fingerprint density at radius 3 is 2.39 bits per heavy atom. The molecule has 4 aromatic heterocycles. The van der Waals surface area contributed by atoms with E-state index in [1.54, 1.807) is 6.92 Å². The van der Waals surface area contributed by atoms with Gasteiger partial charge in [-0.05, 0) is 32.0 Å². The molecule has 0 fully saturated rings. The van der Waals surface area contributed by atoms with Crippen LogP contribution in [0.3, 0.4) is 0 Å². The number of hydrogen-bond acceptors (Lipinski definition) is 12. The Labute approximate surface area is 289 Å². The predicted octanol–water partition coefficient (Wildman–Crippen LogP) is 5.53. The number of anilines is 1. The molecule has 270 valence electrons. The molecule has 0 bridgehead atoms. The molecule has 14 nitrogen and oxygen atoms in total. The van der Waals surface area contributed by atoms with E-state index in [4.69, 9.17) is 23.0 Å². The number of urea groups is 1. The number of nitrogens with one attached hydrogen (secondary N) is 2. The van der Waals surface area contributed by atoms with Gasteiger partial charge in [-0.2, -0.15) is 13.2 Å². The first-order valence-corrected chi connectivity index (χ1v) is 15.8. The van der Waals surface area contributed by atoms with Crippen molar-refractivity contribution in [3.05, 3.63) is 85.4 Å². The molecule has 4 heterocycles. The van der Waals surface area contributed by atoms with Gasteiger partial charge in [0.1, 0.15) is 22.2 Å². The van der Waals surface area contributed by atoms with Gasteiger partial charge in [0, 0.05) is 60.6 Å². The lowest BCUT2D eigenvalue weighted by Gasteiger charge is -2.23. The van der Waals surface area contributed by atoms with Crippen molar-refractivity contribution in [2.24, 2.45) is 0 Å². The molecule has 0 atom stereocenters. The second kappa shape index (κ2) is 15.2. The Kier molecular flexibility index (Phi) is 11.0. The maximum Gasteiger partial charge on any atom is 0.519 e.